The molecule has 0 spiro atoms. The van der Waals surface area contributed by atoms with Gasteiger partial charge in [-0.05, 0) is 67.9 Å². The van der Waals surface area contributed by atoms with Crippen molar-refractivity contribution in [3.05, 3.63) is 48.2 Å². The van der Waals surface area contributed by atoms with E-state index in [-0.39, 0.29) is 17.3 Å². The first kappa shape index (κ1) is 18.3. The fourth-order valence-corrected chi connectivity index (χ4v) is 6.05. The van der Waals surface area contributed by atoms with Crippen LogP contribution >= 0.6 is 0 Å². The van der Waals surface area contributed by atoms with E-state index in [9.17, 15) is 15.0 Å². The average molecular weight is 367 g/mol. The molecule has 1 aromatic heterocycles. The van der Waals surface area contributed by atoms with Gasteiger partial charge in [0.1, 0.15) is 0 Å². The Hall–Kier alpha value is -2.07. The third-order valence-corrected chi connectivity index (χ3v) is 7.77. The SMILES string of the molecule is C=C1CC[C@@H]2[C@](C)(CC[C@H](O)[C@@]2(C)C(=O)O)[C@H]1Cc1c[nH]c2ccccc12. The summed E-state index contributed by atoms with van der Waals surface area (Å²) >= 11 is 0. The van der Waals surface area contributed by atoms with Crippen LogP contribution in [-0.4, -0.2) is 27.3 Å². The van der Waals surface area contributed by atoms with E-state index in [0.29, 0.717) is 6.42 Å². The van der Waals surface area contributed by atoms with E-state index in [2.05, 4.69) is 42.9 Å². The Morgan fingerprint density at radius 2 is 2.04 bits per heavy atom. The van der Waals surface area contributed by atoms with E-state index in [0.717, 1.165) is 31.2 Å². The van der Waals surface area contributed by atoms with Crippen LogP contribution < -0.4 is 0 Å². The van der Waals surface area contributed by atoms with Crippen molar-refractivity contribution in [2.75, 3.05) is 0 Å². The number of carboxylic acid groups (broad SMARTS) is 1. The minimum atomic E-state index is -1.09. The van der Waals surface area contributed by atoms with Gasteiger partial charge >= 0.3 is 5.97 Å². The number of aromatic amines is 1. The Labute approximate surface area is 160 Å². The van der Waals surface area contributed by atoms with Crippen molar-refractivity contribution in [2.45, 2.75) is 52.1 Å². The van der Waals surface area contributed by atoms with Crippen molar-refractivity contribution >= 4 is 16.9 Å². The van der Waals surface area contributed by atoms with E-state index >= 15 is 0 Å². The zero-order valence-corrected chi connectivity index (χ0v) is 16.2. The summed E-state index contributed by atoms with van der Waals surface area (Å²) in [7, 11) is 0. The predicted molar refractivity (Wildman–Crippen MR) is 106 cm³/mol. The van der Waals surface area contributed by atoms with Gasteiger partial charge in [-0.2, -0.15) is 0 Å². The molecule has 0 amide bonds. The van der Waals surface area contributed by atoms with Gasteiger partial charge in [-0.3, -0.25) is 4.79 Å². The summed E-state index contributed by atoms with van der Waals surface area (Å²) in [6.45, 7) is 8.36. The smallest absolute Gasteiger partial charge is 0.312 e. The number of allylic oxidation sites excluding steroid dienone is 1. The van der Waals surface area contributed by atoms with Crippen LogP contribution in [0.1, 0.15) is 45.1 Å². The zero-order valence-electron chi connectivity index (χ0n) is 16.2. The molecule has 4 nitrogen and oxygen atoms in total. The van der Waals surface area contributed by atoms with Crippen LogP contribution in [0.15, 0.2) is 42.6 Å². The molecule has 0 bridgehead atoms. The molecule has 1 heterocycles. The Kier molecular flexibility index (Phi) is 4.22. The molecule has 0 radical (unpaired) electrons. The predicted octanol–water partition coefficient (Wildman–Crippen LogP) is 4.54. The number of hydrogen-bond donors (Lipinski definition) is 3. The van der Waals surface area contributed by atoms with Crippen molar-refractivity contribution in [1.29, 1.82) is 0 Å². The molecule has 27 heavy (non-hydrogen) atoms. The van der Waals surface area contributed by atoms with Crippen molar-refractivity contribution in [3.8, 4) is 0 Å². The van der Waals surface area contributed by atoms with Crippen LogP contribution in [0, 0.1) is 22.7 Å². The first-order chi connectivity index (χ1) is 12.8. The minimum absolute atomic E-state index is 0.0491. The number of aliphatic carboxylic acids is 1. The highest BCUT2D eigenvalue weighted by molar-refractivity contribution is 5.83. The monoisotopic (exact) mass is 367 g/mol. The Bertz CT molecular complexity index is 900. The highest BCUT2D eigenvalue weighted by atomic mass is 16.4. The van der Waals surface area contributed by atoms with Gasteiger partial charge in [-0.25, -0.2) is 0 Å². The molecule has 3 N–H and O–H groups in total. The fraction of sp³-hybridized carbons (Fsp3) is 0.522. The quantitative estimate of drug-likeness (QED) is 0.697. The molecule has 2 aromatic rings. The average Bonchev–Trinajstić information content (AvgIpc) is 3.05. The molecule has 144 valence electrons. The van der Waals surface area contributed by atoms with Gasteiger partial charge in [0.2, 0.25) is 0 Å². The summed E-state index contributed by atoms with van der Waals surface area (Å²) in [5, 5.41) is 21.8. The number of carboxylic acids is 1. The molecule has 4 rings (SSSR count). The van der Waals surface area contributed by atoms with Gasteiger partial charge in [0, 0.05) is 17.1 Å². The van der Waals surface area contributed by atoms with E-state index in [1.807, 2.05) is 6.07 Å². The van der Waals surface area contributed by atoms with E-state index < -0.39 is 17.5 Å². The van der Waals surface area contributed by atoms with Gasteiger partial charge in [-0.15, -0.1) is 0 Å². The van der Waals surface area contributed by atoms with Crippen LogP contribution in [0.3, 0.4) is 0 Å². The van der Waals surface area contributed by atoms with Gasteiger partial charge < -0.3 is 15.2 Å². The lowest BCUT2D eigenvalue weighted by atomic mass is 9.46. The van der Waals surface area contributed by atoms with Crippen molar-refractivity contribution in [1.82, 2.24) is 4.98 Å². The molecule has 4 heteroatoms. The molecular weight excluding hydrogens is 338 g/mol. The number of fused-ring (bicyclic) bond motifs is 2. The van der Waals surface area contributed by atoms with Crippen LogP contribution in [0.4, 0.5) is 0 Å². The number of hydrogen-bond acceptors (Lipinski definition) is 2. The Morgan fingerprint density at radius 3 is 2.78 bits per heavy atom. The number of carbonyl (C=O) groups is 1. The van der Waals surface area contributed by atoms with Crippen LogP contribution in [-0.2, 0) is 11.2 Å². The molecule has 2 saturated carbocycles. The first-order valence-corrected chi connectivity index (χ1v) is 9.92. The summed E-state index contributed by atoms with van der Waals surface area (Å²) < 4.78 is 0. The molecular formula is C23H29NO3. The number of rotatable bonds is 3. The third-order valence-electron chi connectivity index (χ3n) is 7.77. The lowest BCUT2D eigenvalue weighted by Crippen LogP contribution is -2.59. The third kappa shape index (κ3) is 2.57. The lowest BCUT2D eigenvalue weighted by Gasteiger charge is -2.58. The summed E-state index contributed by atoms with van der Waals surface area (Å²) in [5.41, 5.74) is 2.36. The molecule has 0 aliphatic heterocycles. The molecule has 2 aliphatic rings. The second-order valence-corrected chi connectivity index (χ2v) is 9.01. The van der Waals surface area contributed by atoms with Crippen LogP contribution in [0.5, 0.6) is 0 Å². The number of aromatic nitrogens is 1. The number of nitrogens with one attached hydrogen (secondary N) is 1. The lowest BCUT2D eigenvalue weighted by molar-refractivity contribution is -0.182. The van der Waals surface area contributed by atoms with Gasteiger partial charge in [0.25, 0.3) is 0 Å². The zero-order chi connectivity index (χ0) is 19.4. The minimum Gasteiger partial charge on any atom is -0.481 e. The van der Waals surface area contributed by atoms with E-state index in [1.165, 1.54) is 16.5 Å². The summed E-state index contributed by atoms with van der Waals surface area (Å²) in [6, 6.07) is 8.30. The van der Waals surface area contributed by atoms with Crippen molar-refractivity contribution < 1.29 is 15.0 Å². The Morgan fingerprint density at radius 1 is 1.30 bits per heavy atom. The van der Waals surface area contributed by atoms with E-state index in [4.69, 9.17) is 0 Å². The highest BCUT2D eigenvalue weighted by Gasteiger charge is 2.61. The molecule has 0 saturated heterocycles. The molecule has 5 atom stereocenters. The molecule has 1 aromatic carbocycles. The number of H-pyrrole nitrogens is 1. The summed E-state index contributed by atoms with van der Waals surface area (Å²) in [6.07, 6.45) is 5.16. The largest absolute Gasteiger partial charge is 0.481 e. The number of para-hydroxylation sites is 1. The van der Waals surface area contributed by atoms with Crippen molar-refractivity contribution in [2.24, 2.45) is 22.7 Å². The Balaban J connectivity index is 1.74. The maximum absolute atomic E-state index is 12.2. The molecule has 2 fully saturated rings. The highest BCUT2D eigenvalue weighted by Crippen LogP contribution is 2.61. The second kappa shape index (κ2) is 6.23. The summed E-state index contributed by atoms with van der Waals surface area (Å²) in [5.74, 6) is -0.696. The van der Waals surface area contributed by atoms with Crippen LogP contribution in [0.2, 0.25) is 0 Å². The second-order valence-electron chi connectivity index (χ2n) is 9.01. The molecule has 2 aliphatic carbocycles. The van der Waals surface area contributed by atoms with Crippen molar-refractivity contribution in [3.63, 3.8) is 0 Å². The summed E-state index contributed by atoms with van der Waals surface area (Å²) in [4.78, 5) is 15.5. The normalized spacial score (nSPS) is 36.6. The first-order valence-electron chi connectivity index (χ1n) is 9.92. The maximum atomic E-state index is 12.2. The number of benzene rings is 1. The maximum Gasteiger partial charge on any atom is 0.312 e. The fourth-order valence-electron chi connectivity index (χ4n) is 6.05. The standard InChI is InChI=1S/C23H29NO3/c1-14-8-9-19-22(2,11-10-20(25)23(19,3)21(26)27)17(14)12-15-13-24-18-7-5-4-6-16(15)18/h4-7,13,17,19-20,24-25H,1,8-12H2,2-3H3,(H,26,27)/t17-,19+,20-,22+,23-/m0/s1. The van der Waals surface area contributed by atoms with Gasteiger partial charge in [0.15, 0.2) is 0 Å². The number of aliphatic hydroxyl groups excluding tert-OH is 1. The van der Waals surface area contributed by atoms with Gasteiger partial charge in [0.05, 0.1) is 11.5 Å². The molecule has 0 unspecified atom stereocenters. The van der Waals surface area contributed by atoms with Crippen LogP contribution in [0.25, 0.3) is 10.9 Å². The number of aliphatic hydroxyl groups is 1. The topological polar surface area (TPSA) is 73.3 Å². The van der Waals surface area contributed by atoms with Gasteiger partial charge in [-0.1, -0.05) is 37.3 Å². The van der Waals surface area contributed by atoms with E-state index in [1.54, 1.807) is 6.92 Å².